The smallest absolute Gasteiger partial charge is 0.0220 e. The SMILES string of the molecule is CCNC(CN(CC)C(C)CN(C)C)C(C)CC. The van der Waals surface area contributed by atoms with Crippen LogP contribution in [0.3, 0.4) is 0 Å². The molecule has 18 heavy (non-hydrogen) atoms. The summed E-state index contributed by atoms with van der Waals surface area (Å²) in [5.74, 6) is 0.741. The Morgan fingerprint density at radius 2 is 1.61 bits per heavy atom. The first-order chi connectivity index (χ1) is 8.46. The van der Waals surface area contributed by atoms with Crippen molar-refractivity contribution in [2.45, 2.75) is 53.1 Å². The highest BCUT2D eigenvalue weighted by molar-refractivity contribution is 4.79. The van der Waals surface area contributed by atoms with Crippen LogP contribution < -0.4 is 5.32 Å². The van der Waals surface area contributed by atoms with Crippen LogP contribution in [-0.4, -0.2) is 62.2 Å². The molecule has 0 aliphatic heterocycles. The number of rotatable bonds is 10. The summed E-state index contributed by atoms with van der Waals surface area (Å²) in [6, 6.07) is 1.24. The molecule has 0 spiro atoms. The molecular weight excluding hydrogens is 222 g/mol. The Labute approximate surface area is 115 Å². The van der Waals surface area contributed by atoms with Gasteiger partial charge in [-0.3, -0.25) is 4.90 Å². The Balaban J connectivity index is 4.44. The van der Waals surface area contributed by atoms with Crippen LogP contribution in [0.15, 0.2) is 0 Å². The first-order valence-electron chi connectivity index (χ1n) is 7.58. The van der Waals surface area contributed by atoms with Crippen molar-refractivity contribution in [1.82, 2.24) is 15.1 Å². The molecule has 0 fully saturated rings. The van der Waals surface area contributed by atoms with Gasteiger partial charge in [-0.2, -0.15) is 0 Å². The van der Waals surface area contributed by atoms with Crippen LogP contribution in [0.1, 0.15) is 41.0 Å². The zero-order valence-electron chi connectivity index (χ0n) is 13.7. The van der Waals surface area contributed by atoms with Crippen molar-refractivity contribution in [1.29, 1.82) is 0 Å². The molecule has 1 N–H and O–H groups in total. The van der Waals surface area contributed by atoms with Crippen molar-refractivity contribution in [3.63, 3.8) is 0 Å². The normalized spacial score (nSPS) is 17.2. The van der Waals surface area contributed by atoms with Gasteiger partial charge in [0.05, 0.1) is 0 Å². The molecule has 0 amide bonds. The first kappa shape index (κ1) is 17.9. The number of hydrogen-bond acceptors (Lipinski definition) is 3. The zero-order valence-corrected chi connectivity index (χ0v) is 13.7. The van der Waals surface area contributed by atoms with Crippen LogP contribution >= 0.6 is 0 Å². The number of hydrogen-bond donors (Lipinski definition) is 1. The van der Waals surface area contributed by atoms with Crippen molar-refractivity contribution >= 4 is 0 Å². The van der Waals surface area contributed by atoms with Crippen LogP contribution in [-0.2, 0) is 0 Å². The van der Waals surface area contributed by atoms with E-state index in [-0.39, 0.29) is 0 Å². The summed E-state index contributed by atoms with van der Waals surface area (Å²) in [6.07, 6.45) is 1.25. The largest absolute Gasteiger partial charge is 0.313 e. The summed E-state index contributed by atoms with van der Waals surface area (Å²) < 4.78 is 0. The minimum Gasteiger partial charge on any atom is -0.313 e. The molecule has 3 unspecified atom stereocenters. The van der Waals surface area contributed by atoms with Crippen LogP contribution in [0, 0.1) is 5.92 Å². The molecule has 0 aliphatic rings. The van der Waals surface area contributed by atoms with E-state index >= 15 is 0 Å². The van der Waals surface area contributed by atoms with Gasteiger partial charge in [0.15, 0.2) is 0 Å². The average molecular weight is 257 g/mol. The Morgan fingerprint density at radius 3 is 2.00 bits per heavy atom. The minimum absolute atomic E-state index is 0.615. The van der Waals surface area contributed by atoms with Gasteiger partial charge in [-0.25, -0.2) is 0 Å². The lowest BCUT2D eigenvalue weighted by Gasteiger charge is -2.35. The third-order valence-electron chi connectivity index (χ3n) is 3.89. The summed E-state index contributed by atoms with van der Waals surface area (Å²) in [5.41, 5.74) is 0. The van der Waals surface area contributed by atoms with Gasteiger partial charge < -0.3 is 10.2 Å². The van der Waals surface area contributed by atoms with Crippen LogP contribution in [0.5, 0.6) is 0 Å². The summed E-state index contributed by atoms with van der Waals surface area (Å²) in [4.78, 5) is 4.87. The summed E-state index contributed by atoms with van der Waals surface area (Å²) in [5, 5.41) is 3.65. The second kappa shape index (κ2) is 9.76. The number of nitrogens with one attached hydrogen (secondary N) is 1. The van der Waals surface area contributed by atoms with Crippen molar-refractivity contribution in [2.75, 3.05) is 40.3 Å². The third-order valence-corrected chi connectivity index (χ3v) is 3.89. The monoisotopic (exact) mass is 257 g/mol. The lowest BCUT2D eigenvalue weighted by atomic mass is 9.98. The third kappa shape index (κ3) is 6.72. The molecule has 3 heteroatoms. The van der Waals surface area contributed by atoms with E-state index in [2.05, 4.69) is 63.8 Å². The van der Waals surface area contributed by atoms with Gasteiger partial charge in [0.2, 0.25) is 0 Å². The van der Waals surface area contributed by atoms with E-state index in [4.69, 9.17) is 0 Å². The molecule has 0 aromatic rings. The highest BCUT2D eigenvalue weighted by atomic mass is 15.2. The van der Waals surface area contributed by atoms with E-state index in [1.165, 1.54) is 6.42 Å². The quantitative estimate of drug-likeness (QED) is 0.648. The fourth-order valence-electron chi connectivity index (χ4n) is 2.51. The Kier molecular flexibility index (Phi) is 9.70. The van der Waals surface area contributed by atoms with Gasteiger partial charge in [0.25, 0.3) is 0 Å². The zero-order chi connectivity index (χ0) is 14.1. The molecule has 0 radical (unpaired) electrons. The fraction of sp³-hybridized carbons (Fsp3) is 1.00. The molecule has 0 aromatic heterocycles. The maximum atomic E-state index is 3.65. The second-order valence-electron chi connectivity index (χ2n) is 5.75. The lowest BCUT2D eigenvalue weighted by molar-refractivity contribution is 0.150. The van der Waals surface area contributed by atoms with Gasteiger partial charge in [-0.1, -0.05) is 34.1 Å². The summed E-state index contributed by atoms with van der Waals surface area (Å²) in [6.45, 7) is 15.9. The highest BCUT2D eigenvalue weighted by Crippen LogP contribution is 2.11. The molecule has 0 heterocycles. The summed E-state index contributed by atoms with van der Waals surface area (Å²) in [7, 11) is 4.31. The van der Waals surface area contributed by atoms with Gasteiger partial charge in [0.1, 0.15) is 0 Å². The molecule has 0 saturated heterocycles. The van der Waals surface area contributed by atoms with Crippen LogP contribution in [0.25, 0.3) is 0 Å². The Bertz CT molecular complexity index is 194. The molecule has 0 aliphatic carbocycles. The topological polar surface area (TPSA) is 18.5 Å². The summed E-state index contributed by atoms with van der Waals surface area (Å²) >= 11 is 0. The number of likely N-dealkylation sites (N-methyl/N-ethyl adjacent to an activating group) is 3. The van der Waals surface area contributed by atoms with Crippen molar-refractivity contribution in [2.24, 2.45) is 5.92 Å². The van der Waals surface area contributed by atoms with E-state index in [1.54, 1.807) is 0 Å². The highest BCUT2D eigenvalue weighted by Gasteiger charge is 2.21. The van der Waals surface area contributed by atoms with Gasteiger partial charge >= 0.3 is 0 Å². The van der Waals surface area contributed by atoms with Crippen molar-refractivity contribution in [3.8, 4) is 0 Å². The van der Waals surface area contributed by atoms with E-state index < -0.39 is 0 Å². The maximum absolute atomic E-state index is 3.65. The first-order valence-corrected chi connectivity index (χ1v) is 7.58. The molecule has 0 saturated carbocycles. The van der Waals surface area contributed by atoms with Crippen molar-refractivity contribution < 1.29 is 0 Å². The van der Waals surface area contributed by atoms with Gasteiger partial charge in [-0.05, 0) is 40.0 Å². The lowest BCUT2D eigenvalue weighted by Crippen LogP contribution is -2.49. The molecular formula is C15H35N3. The van der Waals surface area contributed by atoms with E-state index in [1.807, 2.05) is 0 Å². The Hall–Kier alpha value is -0.120. The van der Waals surface area contributed by atoms with E-state index in [0.717, 1.165) is 32.1 Å². The predicted molar refractivity (Wildman–Crippen MR) is 82.2 cm³/mol. The van der Waals surface area contributed by atoms with E-state index in [0.29, 0.717) is 12.1 Å². The second-order valence-corrected chi connectivity index (χ2v) is 5.75. The van der Waals surface area contributed by atoms with Gasteiger partial charge in [0, 0.05) is 25.2 Å². The standard InChI is InChI=1S/C15H35N3/c1-8-13(4)15(16-9-2)12-18(10-3)14(5)11-17(6)7/h13-16H,8-12H2,1-7H3. The molecule has 0 bridgehead atoms. The molecule has 110 valence electrons. The number of nitrogens with zero attached hydrogens (tertiary/aromatic N) is 2. The maximum Gasteiger partial charge on any atom is 0.0220 e. The molecule has 3 nitrogen and oxygen atoms in total. The minimum atomic E-state index is 0.615. The Morgan fingerprint density at radius 1 is 1.00 bits per heavy atom. The molecule has 0 rings (SSSR count). The van der Waals surface area contributed by atoms with Crippen LogP contribution in [0.2, 0.25) is 0 Å². The van der Waals surface area contributed by atoms with Crippen molar-refractivity contribution in [3.05, 3.63) is 0 Å². The fourth-order valence-corrected chi connectivity index (χ4v) is 2.51. The van der Waals surface area contributed by atoms with Crippen LogP contribution in [0.4, 0.5) is 0 Å². The average Bonchev–Trinajstić information content (AvgIpc) is 2.32. The predicted octanol–water partition coefficient (Wildman–Crippen LogP) is 2.28. The molecule has 0 aromatic carbocycles. The molecule has 3 atom stereocenters. The van der Waals surface area contributed by atoms with E-state index in [9.17, 15) is 0 Å². The van der Waals surface area contributed by atoms with Gasteiger partial charge in [-0.15, -0.1) is 0 Å².